The molecule has 6 heteroatoms. The highest BCUT2D eigenvalue weighted by Crippen LogP contribution is 2.32. The molecule has 2 aromatic carbocycles. The number of nitrogens with zero attached hydrogens (tertiary/aromatic N) is 1. The minimum atomic E-state index is -1.11. The summed E-state index contributed by atoms with van der Waals surface area (Å²) in [6.07, 6.45) is 1.92. The minimum absolute atomic E-state index is 0.0297. The van der Waals surface area contributed by atoms with Crippen molar-refractivity contribution < 1.29 is 24.2 Å². The number of carboxylic acid groups (broad SMARTS) is 1. The Labute approximate surface area is 138 Å². The molecule has 1 heterocycles. The van der Waals surface area contributed by atoms with Crippen molar-refractivity contribution in [2.75, 3.05) is 18.0 Å². The zero-order valence-corrected chi connectivity index (χ0v) is 12.8. The van der Waals surface area contributed by atoms with Crippen LogP contribution in [0.5, 0.6) is 5.75 Å². The molecule has 24 heavy (non-hydrogen) atoms. The van der Waals surface area contributed by atoms with E-state index in [-0.39, 0.29) is 16.7 Å². The van der Waals surface area contributed by atoms with Crippen LogP contribution in [-0.4, -0.2) is 35.1 Å². The molecule has 124 valence electrons. The fraction of sp³-hybridized carbons (Fsp3) is 0.222. The molecular weight excluding hydrogens is 313 g/mol. The molecular formula is C18H16FNO4. The normalized spacial score (nSPS) is 14.0. The standard InChI is InChI=1S/C18H16FNO4/c19-16-13(20-9-1-2-10-20)7-8-14(21)15(16)17(22)11-3-5-12(6-4-11)18(23)24/h3-8,21H,1-2,9-10H2,(H,23,24). The molecule has 0 bridgehead atoms. The summed E-state index contributed by atoms with van der Waals surface area (Å²) in [6, 6.07) is 7.96. The maximum atomic E-state index is 14.8. The number of phenolic OH excluding ortho intramolecular Hbond substituents is 1. The SMILES string of the molecule is O=C(O)c1ccc(C(=O)c2c(O)ccc(N3CCCC3)c2F)cc1. The van der Waals surface area contributed by atoms with Crippen LogP contribution in [0.15, 0.2) is 36.4 Å². The van der Waals surface area contributed by atoms with Crippen LogP contribution in [0, 0.1) is 5.82 Å². The summed E-state index contributed by atoms with van der Waals surface area (Å²) in [5, 5.41) is 18.8. The highest BCUT2D eigenvalue weighted by Gasteiger charge is 2.25. The summed E-state index contributed by atoms with van der Waals surface area (Å²) in [4.78, 5) is 25.3. The summed E-state index contributed by atoms with van der Waals surface area (Å²) in [7, 11) is 0. The summed E-state index contributed by atoms with van der Waals surface area (Å²) in [5.41, 5.74) is 0.0631. The van der Waals surface area contributed by atoms with Gasteiger partial charge < -0.3 is 15.1 Å². The van der Waals surface area contributed by atoms with Gasteiger partial charge in [-0.3, -0.25) is 4.79 Å². The fourth-order valence-electron chi connectivity index (χ4n) is 2.88. The Morgan fingerprint density at radius 2 is 1.54 bits per heavy atom. The number of hydrogen-bond donors (Lipinski definition) is 2. The first kappa shape index (κ1) is 16.0. The van der Waals surface area contributed by atoms with E-state index < -0.39 is 23.3 Å². The number of phenols is 1. The molecule has 0 spiro atoms. The van der Waals surface area contributed by atoms with Crippen molar-refractivity contribution in [3.63, 3.8) is 0 Å². The maximum Gasteiger partial charge on any atom is 0.335 e. The highest BCUT2D eigenvalue weighted by atomic mass is 19.1. The van der Waals surface area contributed by atoms with Gasteiger partial charge in [-0.15, -0.1) is 0 Å². The first-order chi connectivity index (χ1) is 11.5. The van der Waals surface area contributed by atoms with Crippen molar-refractivity contribution in [1.82, 2.24) is 0 Å². The van der Waals surface area contributed by atoms with Crippen LogP contribution in [-0.2, 0) is 0 Å². The van der Waals surface area contributed by atoms with Crippen LogP contribution >= 0.6 is 0 Å². The number of halogens is 1. The number of ketones is 1. The van der Waals surface area contributed by atoms with Crippen molar-refractivity contribution in [3.05, 3.63) is 58.9 Å². The van der Waals surface area contributed by atoms with E-state index in [9.17, 15) is 19.1 Å². The van der Waals surface area contributed by atoms with Crippen LogP contribution in [0.4, 0.5) is 10.1 Å². The van der Waals surface area contributed by atoms with Gasteiger partial charge in [0.05, 0.1) is 11.3 Å². The molecule has 1 fully saturated rings. The number of carboxylic acids is 1. The van der Waals surface area contributed by atoms with Crippen LogP contribution in [0.25, 0.3) is 0 Å². The number of hydrogen-bond acceptors (Lipinski definition) is 4. The number of carbonyl (C=O) groups excluding carboxylic acids is 1. The Balaban J connectivity index is 1.99. The van der Waals surface area contributed by atoms with E-state index in [0.717, 1.165) is 12.8 Å². The second kappa shape index (κ2) is 6.31. The number of benzene rings is 2. The predicted molar refractivity (Wildman–Crippen MR) is 86.3 cm³/mol. The molecule has 2 N–H and O–H groups in total. The molecule has 0 radical (unpaired) electrons. The Kier molecular flexibility index (Phi) is 4.20. The average molecular weight is 329 g/mol. The van der Waals surface area contributed by atoms with E-state index in [4.69, 9.17) is 5.11 Å². The van der Waals surface area contributed by atoms with Gasteiger partial charge in [0.15, 0.2) is 11.6 Å². The summed E-state index contributed by atoms with van der Waals surface area (Å²) in [5.74, 6) is -2.96. The summed E-state index contributed by atoms with van der Waals surface area (Å²) >= 11 is 0. The predicted octanol–water partition coefficient (Wildman–Crippen LogP) is 3.06. The quantitative estimate of drug-likeness (QED) is 0.843. The summed E-state index contributed by atoms with van der Waals surface area (Å²) in [6.45, 7) is 1.42. The summed E-state index contributed by atoms with van der Waals surface area (Å²) < 4.78 is 14.8. The van der Waals surface area contributed by atoms with Crippen LogP contribution < -0.4 is 4.90 Å². The van der Waals surface area contributed by atoms with Crippen molar-refractivity contribution in [3.8, 4) is 5.75 Å². The van der Waals surface area contributed by atoms with E-state index in [1.807, 2.05) is 4.90 Å². The van der Waals surface area contributed by atoms with Gasteiger partial charge in [-0.05, 0) is 37.1 Å². The number of carbonyl (C=O) groups is 2. The van der Waals surface area contributed by atoms with Gasteiger partial charge >= 0.3 is 5.97 Å². The van der Waals surface area contributed by atoms with Gasteiger partial charge in [0.25, 0.3) is 0 Å². The van der Waals surface area contributed by atoms with Crippen molar-refractivity contribution >= 4 is 17.4 Å². The molecule has 0 unspecified atom stereocenters. The smallest absolute Gasteiger partial charge is 0.335 e. The van der Waals surface area contributed by atoms with E-state index in [0.29, 0.717) is 18.8 Å². The first-order valence-corrected chi connectivity index (χ1v) is 7.63. The number of rotatable bonds is 4. The topological polar surface area (TPSA) is 77.8 Å². The Bertz CT molecular complexity index is 795. The molecule has 1 saturated heterocycles. The van der Waals surface area contributed by atoms with Gasteiger partial charge in [-0.1, -0.05) is 12.1 Å². The maximum absolute atomic E-state index is 14.8. The van der Waals surface area contributed by atoms with Gasteiger partial charge in [-0.25, -0.2) is 9.18 Å². The van der Waals surface area contributed by atoms with Crippen LogP contribution in [0.3, 0.4) is 0 Å². The third-order valence-electron chi connectivity index (χ3n) is 4.17. The lowest BCUT2D eigenvalue weighted by Crippen LogP contribution is -2.20. The Morgan fingerprint density at radius 1 is 0.958 bits per heavy atom. The molecule has 0 amide bonds. The third-order valence-corrected chi connectivity index (χ3v) is 4.17. The van der Waals surface area contributed by atoms with Crippen molar-refractivity contribution in [2.24, 2.45) is 0 Å². The molecule has 2 aromatic rings. The molecule has 1 aliphatic heterocycles. The number of aromatic carboxylic acids is 1. The largest absolute Gasteiger partial charge is 0.507 e. The van der Waals surface area contributed by atoms with Crippen LogP contribution in [0.1, 0.15) is 39.1 Å². The van der Waals surface area contributed by atoms with Crippen LogP contribution in [0.2, 0.25) is 0 Å². The van der Waals surface area contributed by atoms with Gasteiger partial charge in [-0.2, -0.15) is 0 Å². The lowest BCUT2D eigenvalue weighted by Gasteiger charge is -2.20. The first-order valence-electron chi connectivity index (χ1n) is 7.63. The number of anilines is 1. The molecule has 3 rings (SSSR count). The van der Waals surface area contributed by atoms with Gasteiger partial charge in [0.1, 0.15) is 11.3 Å². The zero-order valence-electron chi connectivity index (χ0n) is 12.8. The van der Waals surface area contributed by atoms with Crippen molar-refractivity contribution in [2.45, 2.75) is 12.8 Å². The number of aromatic hydroxyl groups is 1. The minimum Gasteiger partial charge on any atom is -0.507 e. The van der Waals surface area contributed by atoms with Gasteiger partial charge in [0, 0.05) is 18.7 Å². The second-order valence-electron chi connectivity index (χ2n) is 5.70. The lowest BCUT2D eigenvalue weighted by atomic mass is 9.99. The molecule has 1 aliphatic rings. The van der Waals surface area contributed by atoms with E-state index in [1.54, 1.807) is 0 Å². The molecule has 0 aliphatic carbocycles. The second-order valence-corrected chi connectivity index (χ2v) is 5.70. The monoisotopic (exact) mass is 329 g/mol. The third kappa shape index (κ3) is 2.82. The molecule has 0 saturated carbocycles. The highest BCUT2D eigenvalue weighted by molar-refractivity contribution is 6.11. The molecule has 0 aromatic heterocycles. The Hall–Kier alpha value is -2.89. The fourth-order valence-corrected chi connectivity index (χ4v) is 2.88. The van der Waals surface area contributed by atoms with E-state index in [2.05, 4.69) is 0 Å². The van der Waals surface area contributed by atoms with E-state index >= 15 is 0 Å². The van der Waals surface area contributed by atoms with Gasteiger partial charge in [0.2, 0.25) is 0 Å². The zero-order chi connectivity index (χ0) is 17.3. The molecule has 0 atom stereocenters. The molecule has 5 nitrogen and oxygen atoms in total. The van der Waals surface area contributed by atoms with Crippen molar-refractivity contribution in [1.29, 1.82) is 0 Å². The lowest BCUT2D eigenvalue weighted by molar-refractivity contribution is 0.0696. The van der Waals surface area contributed by atoms with E-state index in [1.165, 1.54) is 36.4 Å². The Morgan fingerprint density at radius 3 is 2.12 bits per heavy atom. The average Bonchev–Trinajstić information content (AvgIpc) is 3.09.